The fourth-order valence-corrected chi connectivity index (χ4v) is 1.04. The second kappa shape index (κ2) is 3.50. The van der Waals surface area contributed by atoms with Crippen molar-refractivity contribution in [3.05, 3.63) is 0 Å². The highest BCUT2D eigenvalue weighted by molar-refractivity contribution is 6.07. The van der Waals surface area contributed by atoms with Crippen LogP contribution in [0.1, 0.15) is 6.42 Å². The zero-order chi connectivity index (χ0) is 10.0. The van der Waals surface area contributed by atoms with Gasteiger partial charge >= 0.3 is 5.97 Å². The molecule has 7 heteroatoms. The summed E-state index contributed by atoms with van der Waals surface area (Å²) in [6.45, 7) is -0.470. The zero-order valence-electron chi connectivity index (χ0n) is 6.73. The Kier molecular flexibility index (Phi) is 2.59. The van der Waals surface area contributed by atoms with Crippen LogP contribution < -0.4 is 11.6 Å². The van der Waals surface area contributed by atoms with E-state index in [0.29, 0.717) is 0 Å². The smallest absolute Gasteiger partial charge is 0.344 e. The molecule has 1 aliphatic heterocycles. The Morgan fingerprint density at radius 1 is 1.62 bits per heavy atom. The summed E-state index contributed by atoms with van der Waals surface area (Å²) < 4.78 is 0. The summed E-state index contributed by atoms with van der Waals surface area (Å²) in [5, 5.41) is 0. The van der Waals surface area contributed by atoms with E-state index in [4.69, 9.17) is 5.73 Å². The first-order chi connectivity index (χ1) is 6.06. The van der Waals surface area contributed by atoms with Crippen LogP contribution in [-0.2, 0) is 19.2 Å². The first kappa shape index (κ1) is 9.62. The molecule has 2 amide bonds. The highest BCUT2D eigenvalue weighted by Gasteiger charge is 2.37. The van der Waals surface area contributed by atoms with Gasteiger partial charge < -0.3 is 10.6 Å². The van der Waals surface area contributed by atoms with Gasteiger partial charge in [-0.3, -0.25) is 14.5 Å². The molecule has 1 heterocycles. The summed E-state index contributed by atoms with van der Waals surface area (Å²) in [5.41, 5.74) is 5.28. The van der Waals surface area contributed by atoms with E-state index in [1.165, 1.54) is 0 Å². The highest BCUT2D eigenvalue weighted by Crippen LogP contribution is 2.10. The van der Waals surface area contributed by atoms with Crippen LogP contribution >= 0.6 is 0 Å². The van der Waals surface area contributed by atoms with Crippen molar-refractivity contribution in [2.45, 2.75) is 12.5 Å². The number of carbonyl (C=O) groups is 3. The molecule has 0 spiro atoms. The number of rotatable bonds is 2. The fraction of sp³-hybridized carbons (Fsp3) is 0.500. The van der Waals surface area contributed by atoms with Crippen LogP contribution in [0.15, 0.2) is 0 Å². The summed E-state index contributed by atoms with van der Waals surface area (Å²) >= 11 is 0. The lowest BCUT2D eigenvalue weighted by molar-refractivity contribution is -0.152. The number of imide groups is 1. The normalized spacial score (nSPS) is 22.3. The minimum Gasteiger partial charge on any atom is -0.372 e. The Bertz CT molecular complexity index is 265. The van der Waals surface area contributed by atoms with Crippen molar-refractivity contribution >= 4 is 17.8 Å². The molecule has 13 heavy (non-hydrogen) atoms. The molecule has 0 aromatic carbocycles. The van der Waals surface area contributed by atoms with Crippen LogP contribution in [0.2, 0.25) is 0 Å². The topological polar surface area (TPSA) is 116 Å². The van der Waals surface area contributed by atoms with E-state index < -0.39 is 30.4 Å². The third kappa shape index (κ3) is 1.82. The lowest BCUT2D eigenvalue weighted by Crippen LogP contribution is -2.39. The van der Waals surface area contributed by atoms with Crippen molar-refractivity contribution in [3.8, 4) is 0 Å². The maximum Gasteiger partial charge on any atom is 0.344 e. The number of likely N-dealkylation sites (tertiary alicyclic amines) is 1. The average molecular weight is 187 g/mol. The molecule has 0 bridgehead atoms. The lowest BCUT2D eigenvalue weighted by Gasteiger charge is -2.11. The van der Waals surface area contributed by atoms with Crippen molar-refractivity contribution < 1.29 is 19.2 Å². The Morgan fingerprint density at radius 2 is 2.23 bits per heavy atom. The number of nitrogens with zero attached hydrogens (tertiary/aromatic N) is 1. The van der Waals surface area contributed by atoms with Crippen LogP contribution in [0.5, 0.6) is 0 Å². The highest BCUT2D eigenvalue weighted by atomic mass is 16.7. The summed E-state index contributed by atoms with van der Waals surface area (Å²) in [7, 11) is 0. The van der Waals surface area contributed by atoms with E-state index in [9.17, 15) is 14.4 Å². The number of carbonyl (C=O) groups excluding carboxylic acids is 3. The summed E-state index contributed by atoms with van der Waals surface area (Å²) in [6, 6.07) is -0.849. The maximum atomic E-state index is 11.1. The number of hydrogen-bond donors (Lipinski definition) is 2. The SMILES string of the molecule is NOC(=O)CN1C(=O)CC(N)C1=O. The van der Waals surface area contributed by atoms with E-state index in [1.54, 1.807) is 0 Å². The molecule has 0 aromatic rings. The largest absolute Gasteiger partial charge is 0.372 e. The third-order valence-electron chi connectivity index (χ3n) is 1.70. The van der Waals surface area contributed by atoms with Crippen molar-refractivity contribution in [1.82, 2.24) is 4.90 Å². The molecule has 1 atom stereocenters. The quantitative estimate of drug-likeness (QED) is 0.364. The molecule has 0 aromatic heterocycles. The number of amides is 2. The molecular weight excluding hydrogens is 178 g/mol. The van der Waals surface area contributed by atoms with Crippen LogP contribution in [0, 0.1) is 0 Å². The van der Waals surface area contributed by atoms with E-state index in [1.807, 2.05) is 0 Å². The average Bonchev–Trinajstić information content (AvgIpc) is 2.32. The van der Waals surface area contributed by atoms with Gasteiger partial charge in [0.05, 0.1) is 12.5 Å². The number of hydrogen-bond acceptors (Lipinski definition) is 6. The molecule has 1 fully saturated rings. The maximum absolute atomic E-state index is 11.1. The Hall–Kier alpha value is -1.47. The van der Waals surface area contributed by atoms with Gasteiger partial charge in [-0.05, 0) is 0 Å². The van der Waals surface area contributed by atoms with E-state index in [2.05, 4.69) is 10.7 Å². The Labute approximate surface area is 73.5 Å². The molecule has 0 saturated carbocycles. The van der Waals surface area contributed by atoms with Crippen LogP contribution in [0.4, 0.5) is 0 Å². The molecule has 4 N–H and O–H groups in total. The second-order valence-corrected chi connectivity index (χ2v) is 2.62. The van der Waals surface area contributed by atoms with Gasteiger partial charge in [-0.1, -0.05) is 0 Å². The predicted molar refractivity (Wildman–Crippen MR) is 39.6 cm³/mol. The molecule has 1 aliphatic rings. The zero-order valence-corrected chi connectivity index (χ0v) is 6.73. The minimum atomic E-state index is -0.851. The van der Waals surface area contributed by atoms with Crippen molar-refractivity contribution in [1.29, 1.82) is 0 Å². The van der Waals surface area contributed by atoms with Gasteiger partial charge in [0.1, 0.15) is 6.54 Å². The molecule has 7 nitrogen and oxygen atoms in total. The van der Waals surface area contributed by atoms with Gasteiger partial charge in [0.25, 0.3) is 0 Å². The minimum absolute atomic E-state index is 0.0727. The monoisotopic (exact) mass is 187 g/mol. The molecule has 0 radical (unpaired) electrons. The van der Waals surface area contributed by atoms with Gasteiger partial charge in [0.2, 0.25) is 11.8 Å². The van der Waals surface area contributed by atoms with Crippen molar-refractivity contribution in [3.63, 3.8) is 0 Å². The molecule has 1 saturated heterocycles. The second-order valence-electron chi connectivity index (χ2n) is 2.62. The van der Waals surface area contributed by atoms with E-state index >= 15 is 0 Å². The van der Waals surface area contributed by atoms with E-state index in [0.717, 1.165) is 4.90 Å². The fourth-order valence-electron chi connectivity index (χ4n) is 1.04. The Balaban J connectivity index is 2.64. The van der Waals surface area contributed by atoms with Crippen LogP contribution in [0.25, 0.3) is 0 Å². The van der Waals surface area contributed by atoms with Crippen LogP contribution in [0.3, 0.4) is 0 Å². The molecular formula is C6H9N3O4. The molecule has 0 aliphatic carbocycles. The van der Waals surface area contributed by atoms with E-state index in [-0.39, 0.29) is 6.42 Å². The van der Waals surface area contributed by atoms with Crippen molar-refractivity contribution in [2.24, 2.45) is 11.6 Å². The van der Waals surface area contributed by atoms with Gasteiger partial charge in [0, 0.05) is 0 Å². The first-order valence-electron chi connectivity index (χ1n) is 3.55. The summed E-state index contributed by atoms with van der Waals surface area (Å²) in [4.78, 5) is 37.3. The van der Waals surface area contributed by atoms with Gasteiger partial charge in [-0.15, -0.1) is 0 Å². The third-order valence-corrected chi connectivity index (χ3v) is 1.70. The molecule has 1 unspecified atom stereocenters. The first-order valence-corrected chi connectivity index (χ1v) is 3.55. The summed E-state index contributed by atoms with van der Waals surface area (Å²) in [5.74, 6) is 2.64. The van der Waals surface area contributed by atoms with Gasteiger partial charge in [0.15, 0.2) is 0 Å². The lowest BCUT2D eigenvalue weighted by atomic mass is 10.3. The molecule has 1 rings (SSSR count). The van der Waals surface area contributed by atoms with Gasteiger partial charge in [-0.2, -0.15) is 5.90 Å². The number of nitrogens with two attached hydrogens (primary N) is 2. The molecule has 72 valence electrons. The standard InChI is InChI=1S/C6H9N3O4/c7-3-1-4(10)9(6(3)12)2-5(11)13-8/h3H,1-2,7-8H2. The van der Waals surface area contributed by atoms with Crippen molar-refractivity contribution in [2.75, 3.05) is 6.54 Å². The predicted octanol–water partition coefficient (Wildman–Crippen LogP) is -2.51. The van der Waals surface area contributed by atoms with Crippen LogP contribution in [-0.4, -0.2) is 35.3 Å². The summed E-state index contributed by atoms with van der Waals surface area (Å²) in [6.07, 6.45) is -0.0727. The van der Waals surface area contributed by atoms with Gasteiger partial charge in [-0.25, -0.2) is 4.79 Å². The Morgan fingerprint density at radius 3 is 2.62 bits per heavy atom.